The molecule has 0 saturated carbocycles. The Morgan fingerprint density at radius 1 is 1.10 bits per heavy atom. The SMILES string of the molecule is CC(C)N(C1=CC2CC=CC=C2C=C1)c1ccccc1. The van der Waals surface area contributed by atoms with E-state index in [0.29, 0.717) is 12.0 Å². The van der Waals surface area contributed by atoms with Crippen LogP contribution >= 0.6 is 0 Å². The number of rotatable bonds is 3. The van der Waals surface area contributed by atoms with Gasteiger partial charge in [-0.1, -0.05) is 48.6 Å². The Hall–Kier alpha value is -2.02. The van der Waals surface area contributed by atoms with E-state index in [2.05, 4.69) is 85.5 Å². The second-order valence-corrected chi connectivity index (χ2v) is 5.66. The first-order valence-corrected chi connectivity index (χ1v) is 7.36. The summed E-state index contributed by atoms with van der Waals surface area (Å²) in [6.45, 7) is 4.49. The van der Waals surface area contributed by atoms with Crippen molar-refractivity contribution in [3.8, 4) is 0 Å². The molecule has 3 rings (SSSR count). The van der Waals surface area contributed by atoms with Crippen LogP contribution in [0, 0.1) is 5.92 Å². The average Bonchev–Trinajstić information content (AvgIpc) is 2.48. The van der Waals surface area contributed by atoms with Crippen LogP contribution < -0.4 is 4.90 Å². The highest BCUT2D eigenvalue weighted by Gasteiger charge is 2.20. The van der Waals surface area contributed by atoms with Gasteiger partial charge in [0.15, 0.2) is 0 Å². The summed E-state index contributed by atoms with van der Waals surface area (Å²) >= 11 is 0. The van der Waals surface area contributed by atoms with Gasteiger partial charge in [-0.25, -0.2) is 0 Å². The minimum atomic E-state index is 0.443. The van der Waals surface area contributed by atoms with Gasteiger partial charge >= 0.3 is 0 Å². The molecule has 102 valence electrons. The number of hydrogen-bond donors (Lipinski definition) is 0. The number of hydrogen-bond acceptors (Lipinski definition) is 1. The smallest absolute Gasteiger partial charge is 0.0413 e. The second-order valence-electron chi connectivity index (χ2n) is 5.66. The predicted octanol–water partition coefficient (Wildman–Crippen LogP) is 4.86. The third-order valence-electron chi connectivity index (χ3n) is 3.89. The maximum Gasteiger partial charge on any atom is 0.0413 e. The highest BCUT2D eigenvalue weighted by molar-refractivity contribution is 5.58. The molecule has 1 nitrogen and oxygen atoms in total. The summed E-state index contributed by atoms with van der Waals surface area (Å²) in [7, 11) is 0. The molecule has 0 saturated heterocycles. The fourth-order valence-electron chi connectivity index (χ4n) is 2.95. The van der Waals surface area contributed by atoms with Gasteiger partial charge < -0.3 is 4.90 Å². The van der Waals surface area contributed by atoms with Crippen molar-refractivity contribution >= 4 is 5.69 Å². The Bertz CT molecular complexity index is 587. The molecular formula is C19H21N. The molecule has 2 aliphatic carbocycles. The summed E-state index contributed by atoms with van der Waals surface area (Å²) in [6.07, 6.45) is 14.7. The summed E-state index contributed by atoms with van der Waals surface area (Å²) in [5.74, 6) is 0.532. The minimum absolute atomic E-state index is 0.443. The van der Waals surface area contributed by atoms with E-state index in [1.165, 1.54) is 17.0 Å². The summed E-state index contributed by atoms with van der Waals surface area (Å²) < 4.78 is 0. The zero-order valence-corrected chi connectivity index (χ0v) is 12.2. The molecule has 0 radical (unpaired) electrons. The van der Waals surface area contributed by atoms with Crippen LogP contribution in [0.3, 0.4) is 0 Å². The molecule has 1 atom stereocenters. The van der Waals surface area contributed by atoms with Gasteiger partial charge in [0.2, 0.25) is 0 Å². The summed E-state index contributed by atoms with van der Waals surface area (Å²) in [5, 5.41) is 0. The molecule has 0 heterocycles. The van der Waals surface area contributed by atoms with E-state index >= 15 is 0 Å². The first kappa shape index (κ1) is 13.0. The number of benzene rings is 1. The van der Waals surface area contributed by atoms with E-state index in [1.54, 1.807) is 0 Å². The van der Waals surface area contributed by atoms with Gasteiger partial charge in [0.1, 0.15) is 0 Å². The average molecular weight is 263 g/mol. The number of nitrogens with zero attached hydrogens (tertiary/aromatic N) is 1. The maximum absolute atomic E-state index is 2.41. The van der Waals surface area contributed by atoms with Crippen LogP contribution in [0.5, 0.6) is 0 Å². The van der Waals surface area contributed by atoms with Crippen molar-refractivity contribution < 1.29 is 0 Å². The lowest BCUT2D eigenvalue weighted by Gasteiger charge is -2.33. The fourth-order valence-corrected chi connectivity index (χ4v) is 2.95. The Morgan fingerprint density at radius 3 is 2.65 bits per heavy atom. The van der Waals surface area contributed by atoms with Gasteiger partial charge in [-0.3, -0.25) is 0 Å². The van der Waals surface area contributed by atoms with Gasteiger partial charge in [0.25, 0.3) is 0 Å². The standard InChI is InChI=1S/C19H21N/c1-15(2)20(18-10-4-3-5-11-18)19-13-12-16-8-6-7-9-17(16)14-19/h3-8,10-15,17H,9H2,1-2H3. The molecule has 1 aromatic carbocycles. The molecule has 0 aromatic heterocycles. The van der Waals surface area contributed by atoms with Crippen LogP contribution in [0.4, 0.5) is 5.69 Å². The van der Waals surface area contributed by atoms with Gasteiger partial charge in [-0.05, 0) is 44.1 Å². The van der Waals surface area contributed by atoms with Gasteiger partial charge in [0.05, 0.1) is 0 Å². The zero-order chi connectivity index (χ0) is 13.9. The van der Waals surface area contributed by atoms with Crippen molar-refractivity contribution in [2.45, 2.75) is 26.3 Å². The van der Waals surface area contributed by atoms with Crippen molar-refractivity contribution in [1.29, 1.82) is 0 Å². The van der Waals surface area contributed by atoms with E-state index in [1.807, 2.05) is 0 Å². The lowest BCUT2D eigenvalue weighted by atomic mass is 9.87. The molecule has 0 bridgehead atoms. The van der Waals surface area contributed by atoms with Crippen molar-refractivity contribution in [1.82, 2.24) is 0 Å². The third kappa shape index (κ3) is 2.49. The molecule has 0 aliphatic heterocycles. The fraction of sp³-hybridized carbons (Fsp3) is 0.263. The first-order valence-electron chi connectivity index (χ1n) is 7.36. The van der Waals surface area contributed by atoms with Crippen LogP contribution in [0.2, 0.25) is 0 Å². The lowest BCUT2D eigenvalue weighted by Crippen LogP contribution is -2.30. The van der Waals surface area contributed by atoms with Crippen molar-refractivity contribution in [3.63, 3.8) is 0 Å². The lowest BCUT2D eigenvalue weighted by molar-refractivity contribution is 0.725. The Balaban J connectivity index is 1.94. The van der Waals surface area contributed by atoms with E-state index in [0.717, 1.165) is 6.42 Å². The van der Waals surface area contributed by atoms with E-state index in [9.17, 15) is 0 Å². The topological polar surface area (TPSA) is 3.24 Å². The van der Waals surface area contributed by atoms with Crippen molar-refractivity contribution in [2.24, 2.45) is 5.92 Å². The number of para-hydroxylation sites is 1. The van der Waals surface area contributed by atoms with Gasteiger partial charge in [-0.2, -0.15) is 0 Å². The monoisotopic (exact) mass is 263 g/mol. The molecule has 0 fully saturated rings. The van der Waals surface area contributed by atoms with Gasteiger partial charge in [-0.15, -0.1) is 0 Å². The summed E-state index contributed by atoms with van der Waals surface area (Å²) in [6, 6.07) is 11.1. The summed E-state index contributed by atoms with van der Waals surface area (Å²) in [5.41, 5.74) is 3.99. The molecule has 1 aromatic rings. The molecule has 1 unspecified atom stereocenters. The van der Waals surface area contributed by atoms with Crippen LogP contribution in [0.25, 0.3) is 0 Å². The quantitative estimate of drug-likeness (QED) is 0.753. The summed E-state index contributed by atoms with van der Waals surface area (Å²) in [4.78, 5) is 2.41. The minimum Gasteiger partial charge on any atom is -0.339 e. The largest absolute Gasteiger partial charge is 0.339 e. The Kier molecular flexibility index (Phi) is 3.60. The van der Waals surface area contributed by atoms with Crippen molar-refractivity contribution in [3.05, 3.63) is 78.1 Å². The highest BCUT2D eigenvalue weighted by atomic mass is 15.2. The zero-order valence-electron chi connectivity index (χ0n) is 12.2. The van der Waals surface area contributed by atoms with Crippen LogP contribution in [-0.2, 0) is 0 Å². The van der Waals surface area contributed by atoms with Crippen LogP contribution in [0.15, 0.2) is 78.1 Å². The molecular weight excluding hydrogens is 242 g/mol. The number of allylic oxidation sites excluding steroid dienone is 7. The molecule has 0 N–H and O–H groups in total. The first-order chi connectivity index (χ1) is 9.75. The van der Waals surface area contributed by atoms with E-state index in [-0.39, 0.29) is 0 Å². The third-order valence-corrected chi connectivity index (χ3v) is 3.89. The normalized spacial score (nSPS) is 20.4. The number of anilines is 1. The molecule has 0 spiro atoms. The van der Waals surface area contributed by atoms with Gasteiger partial charge in [0, 0.05) is 23.3 Å². The molecule has 2 aliphatic rings. The van der Waals surface area contributed by atoms with Crippen molar-refractivity contribution in [2.75, 3.05) is 4.90 Å². The highest BCUT2D eigenvalue weighted by Crippen LogP contribution is 2.32. The van der Waals surface area contributed by atoms with Crippen LogP contribution in [0.1, 0.15) is 20.3 Å². The Morgan fingerprint density at radius 2 is 1.90 bits per heavy atom. The second kappa shape index (κ2) is 5.54. The molecule has 1 heteroatoms. The Labute approximate surface area is 121 Å². The van der Waals surface area contributed by atoms with E-state index < -0.39 is 0 Å². The number of fused-ring (bicyclic) bond motifs is 1. The molecule has 20 heavy (non-hydrogen) atoms. The maximum atomic E-state index is 2.41. The molecule has 0 amide bonds. The van der Waals surface area contributed by atoms with Crippen LogP contribution in [-0.4, -0.2) is 6.04 Å². The van der Waals surface area contributed by atoms with E-state index in [4.69, 9.17) is 0 Å². The predicted molar refractivity (Wildman–Crippen MR) is 86.6 cm³/mol.